The molecule has 6 heteroatoms. The number of sulfonamides is 1. The van der Waals surface area contributed by atoms with Crippen LogP contribution in [0.15, 0.2) is 16.7 Å². The first-order valence-corrected chi connectivity index (χ1v) is 6.02. The van der Waals surface area contributed by atoms with Crippen LogP contribution >= 0.6 is 15.9 Å². The summed E-state index contributed by atoms with van der Waals surface area (Å²) in [5, 5.41) is 4.90. The number of halogens is 1. The van der Waals surface area contributed by atoms with E-state index in [2.05, 4.69) is 20.9 Å². The van der Waals surface area contributed by atoms with E-state index in [4.69, 9.17) is 5.14 Å². The smallest absolute Gasteiger partial charge is 0.214 e. The fourth-order valence-electron chi connectivity index (χ4n) is 0.881. The summed E-state index contributed by atoms with van der Waals surface area (Å²) in [7, 11) is -3.50. The Labute approximate surface area is 85.3 Å². The molecule has 0 atom stereocenters. The Bertz CT molecular complexity index is 417. The molecule has 0 aromatic carbocycles. The molecule has 0 aliphatic rings. The topological polar surface area (TPSA) is 73.0 Å². The Balaban J connectivity index is 3.08. The van der Waals surface area contributed by atoms with Gasteiger partial charge in [-0.15, -0.1) is 0 Å². The highest BCUT2D eigenvalue weighted by Crippen LogP contribution is 2.12. The number of nitrogens with two attached hydrogens (primary N) is 1. The molecule has 2 N–H and O–H groups in total. The first-order valence-electron chi connectivity index (χ1n) is 3.51. The fraction of sp³-hybridized carbons (Fsp3) is 0.286. The van der Waals surface area contributed by atoms with Crippen molar-refractivity contribution in [3.8, 4) is 0 Å². The summed E-state index contributed by atoms with van der Waals surface area (Å²) < 4.78 is 22.2. The van der Waals surface area contributed by atoms with E-state index in [0.717, 1.165) is 5.56 Å². The molecule has 0 aliphatic heterocycles. The molecule has 1 heterocycles. The quantitative estimate of drug-likeness (QED) is 0.809. The lowest BCUT2D eigenvalue weighted by Crippen LogP contribution is -2.16. The van der Waals surface area contributed by atoms with E-state index in [-0.39, 0.29) is 5.75 Å². The Morgan fingerprint density at radius 3 is 2.69 bits per heavy atom. The Hall–Kier alpha value is -0.460. The maximum absolute atomic E-state index is 10.8. The zero-order valence-electron chi connectivity index (χ0n) is 6.99. The van der Waals surface area contributed by atoms with Crippen LogP contribution in [0.4, 0.5) is 0 Å². The predicted molar refractivity (Wildman–Crippen MR) is 53.5 cm³/mol. The third kappa shape index (κ3) is 3.41. The number of nitrogens with zero attached hydrogens (tertiary/aromatic N) is 1. The van der Waals surface area contributed by atoms with Crippen LogP contribution in [0.1, 0.15) is 11.3 Å². The fourth-order valence-corrected chi connectivity index (χ4v) is 1.90. The van der Waals surface area contributed by atoms with Crippen LogP contribution < -0.4 is 5.14 Å². The molecule has 0 bridgehead atoms. The lowest BCUT2D eigenvalue weighted by atomic mass is 10.2. The molecule has 1 aromatic rings. The molecular weight excluding hydrogens is 256 g/mol. The van der Waals surface area contributed by atoms with Gasteiger partial charge in [-0.1, -0.05) is 6.07 Å². The van der Waals surface area contributed by atoms with Crippen LogP contribution in [0.3, 0.4) is 0 Å². The number of aryl methyl sites for hydroxylation is 1. The second-order valence-electron chi connectivity index (χ2n) is 2.70. The molecule has 0 unspecified atom stereocenters. The predicted octanol–water partition coefficient (Wildman–Crippen LogP) is 0.941. The molecule has 0 radical (unpaired) electrons. The van der Waals surface area contributed by atoms with Crippen LogP contribution in [0.5, 0.6) is 0 Å². The van der Waals surface area contributed by atoms with Crippen molar-refractivity contribution < 1.29 is 8.42 Å². The van der Waals surface area contributed by atoms with E-state index < -0.39 is 10.0 Å². The maximum atomic E-state index is 10.8. The monoisotopic (exact) mass is 264 g/mol. The lowest BCUT2D eigenvalue weighted by Gasteiger charge is -2.02. The molecule has 0 fully saturated rings. The number of hydrogen-bond donors (Lipinski definition) is 1. The van der Waals surface area contributed by atoms with Crippen molar-refractivity contribution in [2.24, 2.45) is 5.14 Å². The molecule has 4 nitrogen and oxygen atoms in total. The van der Waals surface area contributed by atoms with Gasteiger partial charge in [-0.05, 0) is 34.5 Å². The van der Waals surface area contributed by atoms with Crippen molar-refractivity contribution in [3.05, 3.63) is 28.0 Å². The van der Waals surface area contributed by atoms with Gasteiger partial charge >= 0.3 is 0 Å². The van der Waals surface area contributed by atoms with Gasteiger partial charge in [0.05, 0.1) is 5.69 Å². The molecule has 0 spiro atoms. The minimum absolute atomic E-state index is 0.224. The molecule has 72 valence electrons. The zero-order chi connectivity index (χ0) is 10.1. The average Bonchev–Trinajstić information content (AvgIpc) is 1.94. The van der Waals surface area contributed by atoms with Crippen LogP contribution in [-0.4, -0.2) is 13.4 Å². The second-order valence-corrected chi connectivity index (χ2v) is 5.13. The normalized spacial score (nSPS) is 11.6. The SMILES string of the molecule is Cc1ccc(Br)nc1CS(N)(=O)=O. The van der Waals surface area contributed by atoms with Gasteiger partial charge in [0, 0.05) is 0 Å². The molecule has 1 aromatic heterocycles. The number of primary sulfonamides is 1. The third-order valence-corrected chi connectivity index (χ3v) is 2.62. The number of hydrogen-bond acceptors (Lipinski definition) is 3. The molecule has 13 heavy (non-hydrogen) atoms. The van der Waals surface area contributed by atoms with Crippen molar-refractivity contribution in [2.75, 3.05) is 0 Å². The van der Waals surface area contributed by atoms with Crippen LogP contribution in [0.25, 0.3) is 0 Å². The summed E-state index contributed by atoms with van der Waals surface area (Å²) in [5.74, 6) is -0.224. The van der Waals surface area contributed by atoms with E-state index in [1.54, 1.807) is 19.1 Å². The van der Waals surface area contributed by atoms with Crippen molar-refractivity contribution >= 4 is 26.0 Å². The van der Waals surface area contributed by atoms with Crippen LogP contribution in [0, 0.1) is 6.92 Å². The second kappa shape index (κ2) is 3.73. The van der Waals surface area contributed by atoms with E-state index in [1.807, 2.05) is 0 Å². The molecule has 0 aliphatic carbocycles. The average molecular weight is 265 g/mol. The van der Waals surface area contributed by atoms with Gasteiger partial charge in [-0.3, -0.25) is 0 Å². The van der Waals surface area contributed by atoms with Gasteiger partial charge in [0.25, 0.3) is 0 Å². The molecule has 0 amide bonds. The van der Waals surface area contributed by atoms with Crippen LogP contribution in [0.2, 0.25) is 0 Å². The minimum atomic E-state index is -3.50. The van der Waals surface area contributed by atoms with Crippen molar-refractivity contribution in [3.63, 3.8) is 0 Å². The summed E-state index contributed by atoms with van der Waals surface area (Å²) in [6.45, 7) is 1.79. The Morgan fingerprint density at radius 2 is 2.15 bits per heavy atom. The zero-order valence-corrected chi connectivity index (χ0v) is 9.39. The van der Waals surface area contributed by atoms with Crippen LogP contribution in [-0.2, 0) is 15.8 Å². The number of pyridine rings is 1. The standard InChI is InChI=1S/C7H9BrN2O2S/c1-5-2-3-7(8)10-6(5)4-13(9,11)12/h2-3H,4H2,1H3,(H2,9,11,12). The summed E-state index contributed by atoms with van der Waals surface area (Å²) in [6.07, 6.45) is 0. The highest BCUT2D eigenvalue weighted by atomic mass is 79.9. The molecule has 0 saturated carbocycles. The number of rotatable bonds is 2. The van der Waals surface area contributed by atoms with Gasteiger partial charge in [-0.25, -0.2) is 18.5 Å². The van der Waals surface area contributed by atoms with E-state index in [1.165, 1.54) is 0 Å². The summed E-state index contributed by atoms with van der Waals surface area (Å²) in [6, 6.07) is 3.54. The molecule has 1 rings (SSSR count). The van der Waals surface area contributed by atoms with Crippen molar-refractivity contribution in [1.29, 1.82) is 0 Å². The van der Waals surface area contributed by atoms with Gasteiger partial charge < -0.3 is 0 Å². The number of aromatic nitrogens is 1. The van der Waals surface area contributed by atoms with Gasteiger partial charge in [0.2, 0.25) is 10.0 Å². The van der Waals surface area contributed by atoms with Crippen molar-refractivity contribution in [1.82, 2.24) is 4.98 Å². The molecule has 0 saturated heterocycles. The molecular formula is C7H9BrN2O2S. The summed E-state index contributed by atoms with van der Waals surface area (Å²) >= 11 is 3.16. The Morgan fingerprint density at radius 1 is 1.54 bits per heavy atom. The third-order valence-electron chi connectivity index (χ3n) is 1.51. The van der Waals surface area contributed by atoms with E-state index >= 15 is 0 Å². The summed E-state index contributed by atoms with van der Waals surface area (Å²) in [4.78, 5) is 4.02. The summed E-state index contributed by atoms with van der Waals surface area (Å²) in [5.41, 5.74) is 1.30. The van der Waals surface area contributed by atoms with E-state index in [9.17, 15) is 8.42 Å². The minimum Gasteiger partial charge on any atom is -0.245 e. The largest absolute Gasteiger partial charge is 0.245 e. The van der Waals surface area contributed by atoms with Gasteiger partial charge in [0.15, 0.2) is 0 Å². The highest BCUT2D eigenvalue weighted by Gasteiger charge is 2.09. The first-order chi connectivity index (χ1) is 5.88. The van der Waals surface area contributed by atoms with Gasteiger partial charge in [0.1, 0.15) is 10.4 Å². The maximum Gasteiger partial charge on any atom is 0.214 e. The van der Waals surface area contributed by atoms with E-state index in [0.29, 0.717) is 10.3 Å². The van der Waals surface area contributed by atoms with Gasteiger partial charge in [-0.2, -0.15) is 0 Å². The lowest BCUT2D eigenvalue weighted by molar-refractivity contribution is 0.596. The first kappa shape index (κ1) is 10.6. The highest BCUT2D eigenvalue weighted by molar-refractivity contribution is 9.10. The Kier molecular flexibility index (Phi) is 3.05. The van der Waals surface area contributed by atoms with Crippen molar-refractivity contribution in [2.45, 2.75) is 12.7 Å².